The second kappa shape index (κ2) is 7.91. The third-order valence-electron chi connectivity index (χ3n) is 4.75. The highest BCUT2D eigenvalue weighted by Crippen LogP contribution is 2.34. The molecule has 0 aromatic heterocycles. The van der Waals surface area contributed by atoms with Crippen LogP contribution in [0, 0.1) is 17.1 Å². The van der Waals surface area contributed by atoms with Crippen molar-refractivity contribution in [3.63, 3.8) is 0 Å². The van der Waals surface area contributed by atoms with E-state index in [9.17, 15) is 26.7 Å². The zero-order chi connectivity index (χ0) is 23.0. The summed E-state index contributed by atoms with van der Waals surface area (Å²) in [5.74, 6) is -1.25. The first-order valence-electron chi connectivity index (χ1n) is 8.98. The summed E-state index contributed by atoms with van der Waals surface area (Å²) in [6, 6.07) is 9.30. The van der Waals surface area contributed by atoms with E-state index >= 15 is 0 Å². The Balaban J connectivity index is 1.86. The number of carbonyl (C=O) groups excluding carboxylic acids is 1. The summed E-state index contributed by atoms with van der Waals surface area (Å²) in [5.41, 5.74) is -2.93. The van der Waals surface area contributed by atoms with Crippen LogP contribution in [-0.2, 0) is 11.0 Å². The summed E-state index contributed by atoms with van der Waals surface area (Å²) >= 11 is 0. The van der Waals surface area contributed by atoms with Crippen LogP contribution in [0.4, 0.5) is 27.6 Å². The minimum Gasteiger partial charge on any atom is -0.320 e. The zero-order valence-corrected chi connectivity index (χ0v) is 16.3. The predicted molar refractivity (Wildman–Crippen MR) is 101 cm³/mol. The van der Waals surface area contributed by atoms with Gasteiger partial charge in [-0.2, -0.15) is 18.4 Å². The van der Waals surface area contributed by atoms with Crippen molar-refractivity contribution < 1.29 is 31.4 Å². The van der Waals surface area contributed by atoms with E-state index in [4.69, 9.17) is 5.26 Å². The summed E-state index contributed by atoms with van der Waals surface area (Å²) in [7, 11) is 0. The van der Waals surface area contributed by atoms with Crippen LogP contribution in [-0.4, -0.2) is 22.4 Å². The van der Waals surface area contributed by atoms with Gasteiger partial charge in [0.2, 0.25) is 6.20 Å². The van der Waals surface area contributed by atoms with Crippen LogP contribution >= 0.6 is 0 Å². The van der Waals surface area contributed by atoms with Crippen molar-refractivity contribution in [3.05, 3.63) is 71.2 Å². The SMILES string of the molecule is CC(C)(C(=O)Nc1ccc(C#N)c(C(F)(F)F)c1)[N+]1=NC(F)C(c2ccc(F)cc2)=C1. The first-order chi connectivity index (χ1) is 14.4. The van der Waals surface area contributed by atoms with Gasteiger partial charge in [-0.15, -0.1) is 0 Å². The van der Waals surface area contributed by atoms with Crippen LogP contribution in [0.5, 0.6) is 0 Å². The smallest absolute Gasteiger partial charge is 0.320 e. The van der Waals surface area contributed by atoms with E-state index in [0.717, 1.165) is 22.9 Å². The molecule has 1 amide bonds. The lowest BCUT2D eigenvalue weighted by Crippen LogP contribution is -2.44. The first-order valence-corrected chi connectivity index (χ1v) is 8.98. The molecule has 2 aromatic carbocycles. The van der Waals surface area contributed by atoms with Gasteiger partial charge in [0.1, 0.15) is 5.82 Å². The molecule has 0 aliphatic carbocycles. The molecule has 1 N–H and O–H groups in total. The summed E-state index contributed by atoms with van der Waals surface area (Å²) in [4.78, 5) is 12.8. The van der Waals surface area contributed by atoms with Crippen molar-refractivity contribution >= 4 is 17.2 Å². The molecule has 5 nitrogen and oxygen atoms in total. The van der Waals surface area contributed by atoms with E-state index in [1.54, 1.807) is 0 Å². The Hall–Kier alpha value is -3.61. The number of anilines is 1. The predicted octanol–water partition coefficient (Wildman–Crippen LogP) is 5.25. The van der Waals surface area contributed by atoms with Gasteiger partial charge in [0.05, 0.1) is 22.8 Å². The number of carbonyl (C=O) groups is 1. The lowest BCUT2D eigenvalue weighted by Gasteiger charge is -2.17. The molecule has 0 radical (unpaired) electrons. The van der Waals surface area contributed by atoms with Gasteiger partial charge in [-0.3, -0.25) is 4.79 Å². The molecule has 31 heavy (non-hydrogen) atoms. The molecule has 160 valence electrons. The second-order valence-electron chi connectivity index (χ2n) is 7.27. The van der Waals surface area contributed by atoms with Crippen molar-refractivity contribution in [2.75, 3.05) is 5.32 Å². The van der Waals surface area contributed by atoms with Gasteiger partial charge < -0.3 is 5.32 Å². The third kappa shape index (κ3) is 4.45. The molecule has 0 fully saturated rings. The van der Waals surface area contributed by atoms with Gasteiger partial charge in [0.25, 0.3) is 17.7 Å². The van der Waals surface area contributed by atoms with Crippen molar-refractivity contribution in [2.24, 2.45) is 5.11 Å². The Labute approximate surface area is 174 Å². The average Bonchev–Trinajstić information content (AvgIpc) is 3.10. The van der Waals surface area contributed by atoms with Crippen LogP contribution in [0.25, 0.3) is 5.57 Å². The molecule has 10 heteroatoms. The van der Waals surface area contributed by atoms with Gasteiger partial charge in [-0.1, -0.05) is 16.8 Å². The topological polar surface area (TPSA) is 68.3 Å². The molecule has 0 saturated heterocycles. The second-order valence-corrected chi connectivity index (χ2v) is 7.27. The van der Waals surface area contributed by atoms with Gasteiger partial charge in [-0.25, -0.2) is 8.78 Å². The van der Waals surface area contributed by atoms with Gasteiger partial charge in [-0.05, 0) is 35.9 Å². The fourth-order valence-electron chi connectivity index (χ4n) is 2.90. The molecule has 2 aromatic rings. The first kappa shape index (κ1) is 22.1. The molecular weight excluding hydrogens is 419 g/mol. The van der Waals surface area contributed by atoms with Gasteiger partial charge in [0, 0.05) is 24.6 Å². The van der Waals surface area contributed by atoms with E-state index in [1.165, 1.54) is 44.3 Å². The molecule has 0 spiro atoms. The molecule has 1 heterocycles. The Morgan fingerprint density at radius 1 is 1.16 bits per heavy atom. The van der Waals surface area contributed by atoms with Gasteiger partial charge in [0.15, 0.2) is 0 Å². The normalized spacial score (nSPS) is 16.4. The van der Waals surface area contributed by atoms with Crippen molar-refractivity contribution in [1.82, 2.24) is 0 Å². The maximum absolute atomic E-state index is 14.5. The van der Waals surface area contributed by atoms with Gasteiger partial charge >= 0.3 is 6.18 Å². The fraction of sp³-hybridized carbons (Fsp3) is 0.238. The van der Waals surface area contributed by atoms with E-state index in [0.29, 0.717) is 11.6 Å². The van der Waals surface area contributed by atoms with Crippen LogP contribution < -0.4 is 5.32 Å². The number of azo groups is 2. The highest BCUT2D eigenvalue weighted by molar-refractivity contribution is 5.96. The minimum atomic E-state index is -4.78. The van der Waals surface area contributed by atoms with E-state index in [1.807, 2.05) is 0 Å². The number of hydrogen-bond acceptors (Lipinski definition) is 3. The number of nitrogens with one attached hydrogen (secondary N) is 1. The lowest BCUT2D eigenvalue weighted by molar-refractivity contribution is -0.583. The monoisotopic (exact) mass is 435 g/mol. The number of halogens is 5. The third-order valence-corrected chi connectivity index (χ3v) is 4.75. The van der Waals surface area contributed by atoms with Crippen LogP contribution in [0.1, 0.15) is 30.5 Å². The zero-order valence-electron chi connectivity index (χ0n) is 16.3. The maximum atomic E-state index is 14.5. The number of nitriles is 1. The number of hydrogen-bond donors (Lipinski definition) is 1. The average molecular weight is 435 g/mol. The van der Waals surface area contributed by atoms with Crippen LogP contribution in [0.2, 0.25) is 0 Å². The number of rotatable bonds is 4. The Morgan fingerprint density at radius 3 is 2.39 bits per heavy atom. The Kier molecular flexibility index (Phi) is 5.63. The molecule has 1 aliphatic rings. The van der Waals surface area contributed by atoms with E-state index < -0.39 is 40.9 Å². The van der Waals surface area contributed by atoms with Crippen molar-refractivity contribution in [2.45, 2.75) is 31.9 Å². The molecule has 0 saturated carbocycles. The number of amides is 1. The van der Waals surface area contributed by atoms with E-state index in [-0.39, 0.29) is 11.3 Å². The molecule has 1 unspecified atom stereocenters. The van der Waals surface area contributed by atoms with Crippen molar-refractivity contribution in [3.8, 4) is 6.07 Å². The number of nitrogens with zero attached hydrogens (tertiary/aromatic N) is 3. The molecular formula is C21H16F5N4O+. The standard InChI is InChI=1S/C21H15F5N4O/c1-20(2,30-11-16(18(23)29-30)12-3-6-14(22)7-4-12)19(31)28-15-8-5-13(10-27)17(9-15)21(24,25)26/h3-9,11,18H,1-2H3/p+1. The Bertz CT molecular complexity index is 1130. The molecule has 1 aliphatic heterocycles. The summed E-state index contributed by atoms with van der Waals surface area (Å²) in [6.45, 7) is 2.83. The highest BCUT2D eigenvalue weighted by atomic mass is 19.4. The summed E-state index contributed by atoms with van der Waals surface area (Å²) in [5, 5.41) is 15.0. The maximum Gasteiger partial charge on any atom is 0.417 e. The molecule has 0 bridgehead atoms. The van der Waals surface area contributed by atoms with Crippen molar-refractivity contribution in [1.29, 1.82) is 5.26 Å². The number of alkyl halides is 4. The van der Waals surface area contributed by atoms with Crippen LogP contribution in [0.3, 0.4) is 0 Å². The summed E-state index contributed by atoms with van der Waals surface area (Å²) in [6.07, 6.45) is -5.29. The minimum absolute atomic E-state index is 0.110. The fourth-order valence-corrected chi connectivity index (χ4v) is 2.90. The summed E-state index contributed by atoms with van der Waals surface area (Å²) < 4.78 is 68.1. The van der Waals surface area contributed by atoms with E-state index in [2.05, 4.69) is 10.4 Å². The van der Waals surface area contributed by atoms with Crippen LogP contribution in [0.15, 0.2) is 53.8 Å². The molecule has 3 rings (SSSR count). The molecule has 1 atom stereocenters. The Morgan fingerprint density at radius 2 is 1.81 bits per heavy atom. The lowest BCUT2D eigenvalue weighted by atomic mass is 10.0. The quantitative estimate of drug-likeness (QED) is 0.405. The number of benzene rings is 2. The highest BCUT2D eigenvalue weighted by Gasteiger charge is 2.45. The largest absolute Gasteiger partial charge is 0.417 e.